The van der Waals surface area contributed by atoms with Crippen LogP contribution >= 0.6 is 0 Å². The molecule has 1 rings (SSSR count). The van der Waals surface area contributed by atoms with Gasteiger partial charge in [-0.2, -0.15) is 0 Å². The van der Waals surface area contributed by atoms with Crippen LogP contribution in [0.5, 0.6) is 0 Å². The highest BCUT2D eigenvalue weighted by Crippen LogP contribution is 2.03. The van der Waals surface area contributed by atoms with Crippen LogP contribution in [0.25, 0.3) is 0 Å². The van der Waals surface area contributed by atoms with Crippen LogP contribution in [0.1, 0.15) is 39.0 Å². The number of ether oxygens (including phenoxy) is 1. The summed E-state index contributed by atoms with van der Waals surface area (Å²) in [5, 5.41) is 3.32. The zero-order chi connectivity index (χ0) is 11.6. The van der Waals surface area contributed by atoms with Gasteiger partial charge >= 0.3 is 6.09 Å². The van der Waals surface area contributed by atoms with Gasteiger partial charge in [0.05, 0.1) is 6.61 Å². The van der Waals surface area contributed by atoms with Crippen LogP contribution in [0.2, 0.25) is 0 Å². The van der Waals surface area contributed by atoms with Crippen molar-refractivity contribution in [3.8, 4) is 0 Å². The van der Waals surface area contributed by atoms with Crippen molar-refractivity contribution < 1.29 is 9.53 Å². The van der Waals surface area contributed by atoms with Crippen molar-refractivity contribution in [2.75, 3.05) is 19.7 Å². The Morgan fingerprint density at radius 1 is 1.44 bits per heavy atom. The molecule has 1 amide bonds. The van der Waals surface area contributed by atoms with E-state index in [4.69, 9.17) is 4.74 Å². The summed E-state index contributed by atoms with van der Waals surface area (Å²) in [6, 6.07) is 0.355. The minimum Gasteiger partial charge on any atom is -0.449 e. The molecule has 0 aromatic heterocycles. The van der Waals surface area contributed by atoms with E-state index in [0.717, 1.165) is 45.2 Å². The maximum absolute atomic E-state index is 11.2. The minimum absolute atomic E-state index is 0.355. The predicted octanol–water partition coefficient (Wildman–Crippen LogP) is 1.16. The van der Waals surface area contributed by atoms with Gasteiger partial charge in [-0.3, -0.25) is 5.43 Å². The van der Waals surface area contributed by atoms with Crippen molar-refractivity contribution in [1.82, 2.24) is 16.2 Å². The highest BCUT2D eigenvalue weighted by molar-refractivity contribution is 5.66. The highest BCUT2D eigenvalue weighted by Gasteiger charge is 2.12. The second-order valence-electron chi connectivity index (χ2n) is 4.14. The molecule has 1 saturated heterocycles. The Kier molecular flexibility index (Phi) is 6.92. The number of unbranched alkanes of at least 4 members (excludes halogenated alkanes) is 1. The first-order valence-electron chi connectivity index (χ1n) is 6.22. The third kappa shape index (κ3) is 5.92. The minimum atomic E-state index is -0.370. The average molecular weight is 229 g/mol. The van der Waals surface area contributed by atoms with Gasteiger partial charge in [0, 0.05) is 6.04 Å². The molecule has 3 N–H and O–H groups in total. The smallest absolute Gasteiger partial charge is 0.421 e. The zero-order valence-electron chi connectivity index (χ0n) is 10.1. The van der Waals surface area contributed by atoms with E-state index in [1.165, 1.54) is 0 Å². The molecule has 0 aromatic carbocycles. The summed E-state index contributed by atoms with van der Waals surface area (Å²) >= 11 is 0. The van der Waals surface area contributed by atoms with Crippen LogP contribution in [0.4, 0.5) is 4.79 Å². The fraction of sp³-hybridized carbons (Fsp3) is 0.909. The lowest BCUT2D eigenvalue weighted by atomic mass is 10.1. The fourth-order valence-corrected chi connectivity index (χ4v) is 1.67. The third-order valence-corrected chi connectivity index (χ3v) is 2.69. The molecule has 0 bridgehead atoms. The second kappa shape index (κ2) is 8.35. The quantitative estimate of drug-likeness (QED) is 0.489. The fourth-order valence-electron chi connectivity index (χ4n) is 1.67. The second-order valence-corrected chi connectivity index (χ2v) is 4.14. The molecule has 1 atom stereocenters. The lowest BCUT2D eigenvalue weighted by Gasteiger charge is -2.16. The Labute approximate surface area is 97.3 Å². The van der Waals surface area contributed by atoms with Gasteiger partial charge in [0.2, 0.25) is 0 Å². The molecule has 0 aliphatic carbocycles. The van der Waals surface area contributed by atoms with Crippen molar-refractivity contribution in [1.29, 1.82) is 0 Å². The molecule has 0 spiro atoms. The Morgan fingerprint density at radius 2 is 2.31 bits per heavy atom. The molecular weight excluding hydrogens is 206 g/mol. The summed E-state index contributed by atoms with van der Waals surface area (Å²) in [6.45, 7) is 4.64. The van der Waals surface area contributed by atoms with E-state index in [1.54, 1.807) is 0 Å². The maximum atomic E-state index is 11.2. The number of hydrogen-bond donors (Lipinski definition) is 3. The normalized spacial score (nSPS) is 21.2. The van der Waals surface area contributed by atoms with Crippen LogP contribution in [0.3, 0.4) is 0 Å². The van der Waals surface area contributed by atoms with Crippen LogP contribution in [0.15, 0.2) is 0 Å². The Bertz CT molecular complexity index is 192. The molecule has 1 aliphatic heterocycles. The Morgan fingerprint density at radius 3 is 3.12 bits per heavy atom. The predicted molar refractivity (Wildman–Crippen MR) is 63.0 cm³/mol. The van der Waals surface area contributed by atoms with Gasteiger partial charge in [0.25, 0.3) is 0 Å². The largest absolute Gasteiger partial charge is 0.449 e. The molecule has 1 heterocycles. The van der Waals surface area contributed by atoms with Crippen LogP contribution < -0.4 is 16.2 Å². The van der Waals surface area contributed by atoms with Gasteiger partial charge in [-0.15, -0.1) is 0 Å². The Balaban J connectivity index is 2.05. The van der Waals surface area contributed by atoms with E-state index in [0.29, 0.717) is 12.6 Å². The third-order valence-electron chi connectivity index (χ3n) is 2.69. The summed E-state index contributed by atoms with van der Waals surface area (Å²) in [5.41, 5.74) is 5.62. The molecule has 0 radical (unpaired) electrons. The van der Waals surface area contributed by atoms with Crippen molar-refractivity contribution in [2.24, 2.45) is 0 Å². The van der Waals surface area contributed by atoms with Gasteiger partial charge in [-0.1, -0.05) is 13.3 Å². The molecule has 5 heteroatoms. The highest BCUT2D eigenvalue weighted by atomic mass is 16.6. The molecule has 16 heavy (non-hydrogen) atoms. The monoisotopic (exact) mass is 229 g/mol. The molecule has 0 aromatic rings. The number of amides is 1. The lowest BCUT2D eigenvalue weighted by Crippen LogP contribution is -2.44. The van der Waals surface area contributed by atoms with Crippen molar-refractivity contribution >= 4 is 6.09 Å². The van der Waals surface area contributed by atoms with Crippen LogP contribution in [-0.4, -0.2) is 31.8 Å². The van der Waals surface area contributed by atoms with Gasteiger partial charge in [-0.05, 0) is 38.8 Å². The Hall–Kier alpha value is -0.810. The van der Waals surface area contributed by atoms with Crippen molar-refractivity contribution in [3.05, 3.63) is 0 Å². The van der Waals surface area contributed by atoms with E-state index in [2.05, 4.69) is 23.1 Å². The number of nitrogens with one attached hydrogen (secondary N) is 3. The number of carbonyl (C=O) groups excluding carboxylic acids is 1. The molecule has 1 aliphatic rings. The molecular formula is C11H23N3O2. The molecule has 1 unspecified atom stereocenters. The van der Waals surface area contributed by atoms with Gasteiger partial charge in [-0.25, -0.2) is 10.2 Å². The SMILES string of the molecule is CCCCOC(=O)NNC1CCCNCC1. The zero-order valence-corrected chi connectivity index (χ0v) is 10.1. The van der Waals surface area contributed by atoms with Crippen LogP contribution in [0, 0.1) is 0 Å². The summed E-state index contributed by atoms with van der Waals surface area (Å²) in [5.74, 6) is 0. The van der Waals surface area contributed by atoms with E-state index in [1.807, 2.05) is 0 Å². The van der Waals surface area contributed by atoms with Gasteiger partial charge in [0.15, 0.2) is 0 Å². The van der Waals surface area contributed by atoms with Crippen LogP contribution in [-0.2, 0) is 4.74 Å². The number of hydrazine groups is 1. The molecule has 1 fully saturated rings. The van der Waals surface area contributed by atoms with E-state index < -0.39 is 0 Å². The first-order chi connectivity index (χ1) is 7.83. The number of hydrogen-bond acceptors (Lipinski definition) is 4. The van der Waals surface area contributed by atoms with Crippen molar-refractivity contribution in [3.63, 3.8) is 0 Å². The number of carbonyl (C=O) groups is 1. The van der Waals surface area contributed by atoms with E-state index in [-0.39, 0.29) is 6.09 Å². The summed E-state index contributed by atoms with van der Waals surface area (Å²) < 4.78 is 4.98. The standard InChI is InChI=1S/C11H23N3O2/c1-2-3-9-16-11(15)14-13-10-5-4-7-12-8-6-10/h10,12-13H,2-9H2,1H3,(H,14,15). The first-order valence-corrected chi connectivity index (χ1v) is 6.22. The summed E-state index contributed by atoms with van der Waals surface area (Å²) in [7, 11) is 0. The summed E-state index contributed by atoms with van der Waals surface area (Å²) in [4.78, 5) is 11.2. The number of rotatable bonds is 5. The van der Waals surface area contributed by atoms with Gasteiger partial charge < -0.3 is 10.1 Å². The maximum Gasteiger partial charge on any atom is 0.421 e. The average Bonchev–Trinajstić information content (AvgIpc) is 2.55. The topological polar surface area (TPSA) is 62.4 Å². The van der Waals surface area contributed by atoms with Gasteiger partial charge in [0.1, 0.15) is 0 Å². The first kappa shape index (κ1) is 13.3. The summed E-state index contributed by atoms with van der Waals surface area (Å²) in [6.07, 6.45) is 4.85. The van der Waals surface area contributed by atoms with E-state index in [9.17, 15) is 4.79 Å². The van der Waals surface area contributed by atoms with Crippen molar-refractivity contribution in [2.45, 2.75) is 45.1 Å². The molecule has 5 nitrogen and oxygen atoms in total. The molecule has 94 valence electrons. The van der Waals surface area contributed by atoms with E-state index >= 15 is 0 Å². The molecule has 0 saturated carbocycles. The lowest BCUT2D eigenvalue weighted by molar-refractivity contribution is 0.137.